The third-order valence-corrected chi connectivity index (χ3v) is 5.81. The highest BCUT2D eigenvalue weighted by Gasteiger charge is 2.16. The SMILES string of the molecule is COc1ccc(C(=O)CSc2nc3ccccc3c(=O)n2-c2ccc(F)cc2)cc1OC. The Hall–Kier alpha value is -3.65. The predicted molar refractivity (Wildman–Crippen MR) is 122 cm³/mol. The Morgan fingerprint density at radius 2 is 1.72 bits per heavy atom. The fraction of sp³-hybridized carbons (Fsp3) is 0.125. The monoisotopic (exact) mass is 450 g/mol. The van der Waals surface area contributed by atoms with E-state index in [9.17, 15) is 14.0 Å². The van der Waals surface area contributed by atoms with Crippen molar-refractivity contribution in [1.82, 2.24) is 9.55 Å². The van der Waals surface area contributed by atoms with Crippen molar-refractivity contribution in [2.45, 2.75) is 5.16 Å². The van der Waals surface area contributed by atoms with Gasteiger partial charge in [-0.2, -0.15) is 0 Å². The van der Waals surface area contributed by atoms with Crippen molar-refractivity contribution in [2.75, 3.05) is 20.0 Å². The number of aromatic nitrogens is 2. The Kier molecular flexibility index (Phi) is 6.23. The average Bonchev–Trinajstić information content (AvgIpc) is 2.83. The number of hydrogen-bond donors (Lipinski definition) is 0. The van der Waals surface area contributed by atoms with Crippen LogP contribution in [0, 0.1) is 5.82 Å². The first-order valence-electron chi connectivity index (χ1n) is 9.67. The summed E-state index contributed by atoms with van der Waals surface area (Å²) in [4.78, 5) is 30.6. The molecule has 0 unspecified atom stereocenters. The zero-order valence-corrected chi connectivity index (χ0v) is 18.2. The molecule has 0 bridgehead atoms. The summed E-state index contributed by atoms with van der Waals surface area (Å²) in [6.07, 6.45) is 0. The number of hydrogen-bond acceptors (Lipinski definition) is 6. The van der Waals surface area contributed by atoms with Crippen molar-refractivity contribution in [1.29, 1.82) is 0 Å². The lowest BCUT2D eigenvalue weighted by Crippen LogP contribution is -2.22. The predicted octanol–water partition coefficient (Wildman–Crippen LogP) is 4.52. The lowest BCUT2D eigenvalue weighted by atomic mass is 10.1. The first-order chi connectivity index (χ1) is 15.5. The fourth-order valence-corrected chi connectivity index (χ4v) is 4.16. The van der Waals surface area contributed by atoms with E-state index in [0.717, 1.165) is 11.8 Å². The van der Waals surface area contributed by atoms with Crippen LogP contribution in [0.1, 0.15) is 10.4 Å². The van der Waals surface area contributed by atoms with Gasteiger partial charge in [0, 0.05) is 5.56 Å². The fourth-order valence-electron chi connectivity index (χ4n) is 3.25. The smallest absolute Gasteiger partial charge is 0.266 e. The molecule has 8 heteroatoms. The van der Waals surface area contributed by atoms with E-state index in [1.54, 1.807) is 42.5 Å². The molecular formula is C24H19FN2O4S. The van der Waals surface area contributed by atoms with Gasteiger partial charge in [-0.1, -0.05) is 23.9 Å². The second-order valence-electron chi connectivity index (χ2n) is 6.81. The largest absolute Gasteiger partial charge is 0.493 e. The Labute approximate surface area is 187 Å². The molecule has 0 amide bonds. The molecule has 6 nitrogen and oxygen atoms in total. The van der Waals surface area contributed by atoms with E-state index in [1.807, 2.05) is 0 Å². The zero-order valence-electron chi connectivity index (χ0n) is 17.4. The maximum absolute atomic E-state index is 13.4. The number of methoxy groups -OCH3 is 2. The number of ether oxygens (including phenoxy) is 2. The van der Waals surface area contributed by atoms with Crippen LogP contribution >= 0.6 is 11.8 Å². The van der Waals surface area contributed by atoms with Crippen molar-refractivity contribution < 1.29 is 18.7 Å². The Balaban J connectivity index is 1.71. The molecular weight excluding hydrogens is 431 g/mol. The first kappa shape index (κ1) is 21.6. The lowest BCUT2D eigenvalue weighted by Gasteiger charge is -2.13. The van der Waals surface area contributed by atoms with Gasteiger partial charge in [0.15, 0.2) is 22.4 Å². The normalized spacial score (nSPS) is 10.8. The molecule has 1 aromatic heterocycles. The van der Waals surface area contributed by atoms with E-state index >= 15 is 0 Å². The van der Waals surface area contributed by atoms with Gasteiger partial charge in [-0.15, -0.1) is 0 Å². The van der Waals surface area contributed by atoms with E-state index in [4.69, 9.17) is 9.47 Å². The van der Waals surface area contributed by atoms with Gasteiger partial charge in [0.05, 0.1) is 36.6 Å². The van der Waals surface area contributed by atoms with E-state index in [-0.39, 0.29) is 17.1 Å². The lowest BCUT2D eigenvalue weighted by molar-refractivity contribution is 0.102. The van der Waals surface area contributed by atoms with E-state index in [2.05, 4.69) is 4.98 Å². The minimum atomic E-state index is -0.409. The van der Waals surface area contributed by atoms with Gasteiger partial charge in [-0.3, -0.25) is 14.2 Å². The van der Waals surface area contributed by atoms with Crippen LogP contribution in [0.5, 0.6) is 11.5 Å². The molecule has 0 fully saturated rings. The number of thioether (sulfide) groups is 1. The molecule has 0 N–H and O–H groups in total. The van der Waals surface area contributed by atoms with E-state index in [1.165, 1.54) is 43.1 Å². The Morgan fingerprint density at radius 1 is 1.00 bits per heavy atom. The van der Waals surface area contributed by atoms with Crippen LogP contribution in [-0.4, -0.2) is 35.3 Å². The topological polar surface area (TPSA) is 70.4 Å². The minimum absolute atomic E-state index is 0.0431. The van der Waals surface area contributed by atoms with Crippen LogP contribution in [0.2, 0.25) is 0 Å². The second-order valence-corrected chi connectivity index (χ2v) is 7.75. The number of nitrogens with zero attached hydrogens (tertiary/aromatic N) is 2. The summed E-state index contributed by atoms with van der Waals surface area (Å²) in [5.74, 6) is 0.451. The van der Waals surface area contributed by atoms with Gasteiger partial charge < -0.3 is 9.47 Å². The van der Waals surface area contributed by atoms with Gasteiger partial charge in [-0.25, -0.2) is 9.37 Å². The zero-order chi connectivity index (χ0) is 22.7. The number of Topliss-reactive ketones (excluding diaryl/α,β-unsaturated/α-hetero) is 1. The van der Waals surface area contributed by atoms with E-state index in [0.29, 0.717) is 38.8 Å². The summed E-state index contributed by atoms with van der Waals surface area (Å²) in [7, 11) is 3.02. The van der Waals surface area contributed by atoms with Crippen molar-refractivity contribution in [3.63, 3.8) is 0 Å². The van der Waals surface area contributed by atoms with Gasteiger partial charge in [0.25, 0.3) is 5.56 Å². The Bertz CT molecular complexity index is 1350. The number of benzene rings is 3. The first-order valence-corrected chi connectivity index (χ1v) is 10.7. The standard InChI is InChI=1S/C24H19FN2O4S/c1-30-21-12-7-15(13-22(21)31-2)20(28)14-32-24-26-19-6-4-3-5-18(19)23(29)27(24)17-10-8-16(25)9-11-17/h3-13H,14H2,1-2H3. The van der Waals surface area contributed by atoms with Crippen molar-refractivity contribution in [3.05, 3.63) is 88.5 Å². The maximum Gasteiger partial charge on any atom is 0.266 e. The number of carbonyl (C=O) groups excluding carboxylic acids is 1. The van der Waals surface area contributed by atoms with Crippen LogP contribution in [0.25, 0.3) is 16.6 Å². The number of para-hydroxylation sites is 1. The molecule has 0 aliphatic rings. The summed E-state index contributed by atoms with van der Waals surface area (Å²) < 4.78 is 25.3. The number of halogens is 1. The number of fused-ring (bicyclic) bond motifs is 1. The highest BCUT2D eigenvalue weighted by molar-refractivity contribution is 7.99. The van der Waals surface area contributed by atoms with Crippen LogP contribution in [0.15, 0.2) is 76.7 Å². The summed E-state index contributed by atoms with van der Waals surface area (Å²) in [5, 5.41) is 0.779. The van der Waals surface area contributed by atoms with Gasteiger partial charge in [0.2, 0.25) is 0 Å². The maximum atomic E-state index is 13.4. The molecule has 0 radical (unpaired) electrons. The molecule has 32 heavy (non-hydrogen) atoms. The number of rotatable bonds is 7. The second kappa shape index (κ2) is 9.23. The molecule has 0 saturated carbocycles. The van der Waals surface area contributed by atoms with Crippen molar-refractivity contribution in [2.24, 2.45) is 0 Å². The van der Waals surface area contributed by atoms with Gasteiger partial charge in [0.1, 0.15) is 5.82 Å². The van der Waals surface area contributed by atoms with E-state index < -0.39 is 5.82 Å². The third kappa shape index (κ3) is 4.22. The molecule has 0 saturated heterocycles. The minimum Gasteiger partial charge on any atom is -0.493 e. The van der Waals surface area contributed by atoms with Crippen LogP contribution < -0.4 is 15.0 Å². The third-order valence-electron chi connectivity index (χ3n) is 4.87. The van der Waals surface area contributed by atoms with Gasteiger partial charge in [-0.05, 0) is 54.6 Å². The summed E-state index contributed by atoms with van der Waals surface area (Å²) in [6, 6.07) is 17.5. The molecule has 4 rings (SSSR count). The van der Waals surface area contributed by atoms with Crippen LogP contribution in [0.3, 0.4) is 0 Å². The molecule has 162 valence electrons. The average molecular weight is 450 g/mol. The molecule has 3 aromatic carbocycles. The van der Waals surface area contributed by atoms with Crippen LogP contribution in [0.4, 0.5) is 4.39 Å². The van der Waals surface area contributed by atoms with Gasteiger partial charge >= 0.3 is 0 Å². The molecule has 0 spiro atoms. The van der Waals surface area contributed by atoms with Crippen molar-refractivity contribution >= 4 is 28.4 Å². The van der Waals surface area contributed by atoms with Crippen LogP contribution in [-0.2, 0) is 0 Å². The molecule has 4 aromatic rings. The molecule has 0 aliphatic carbocycles. The summed E-state index contributed by atoms with van der Waals surface area (Å²) >= 11 is 1.14. The summed E-state index contributed by atoms with van der Waals surface area (Å²) in [6.45, 7) is 0. The van der Waals surface area contributed by atoms with Crippen molar-refractivity contribution in [3.8, 4) is 17.2 Å². The highest BCUT2D eigenvalue weighted by Crippen LogP contribution is 2.29. The highest BCUT2D eigenvalue weighted by atomic mass is 32.2. The Morgan fingerprint density at radius 3 is 2.44 bits per heavy atom. The quantitative estimate of drug-likeness (QED) is 0.234. The molecule has 1 heterocycles. The molecule has 0 atom stereocenters. The number of carbonyl (C=O) groups is 1. The number of ketones is 1. The molecule has 0 aliphatic heterocycles. The summed E-state index contributed by atoms with van der Waals surface area (Å²) in [5.41, 5.74) is 1.16.